The van der Waals surface area contributed by atoms with E-state index in [9.17, 15) is 0 Å². The third kappa shape index (κ3) is 5.88. The Kier molecular flexibility index (Phi) is 8.85. The Morgan fingerprint density at radius 2 is 1.62 bits per heavy atom. The predicted octanol–water partition coefficient (Wildman–Crippen LogP) is 11.2. The summed E-state index contributed by atoms with van der Waals surface area (Å²) in [7, 11) is 0. The van der Waals surface area contributed by atoms with Gasteiger partial charge in [0.15, 0.2) is 0 Å². The van der Waals surface area contributed by atoms with Crippen LogP contribution >= 0.6 is 11.8 Å². The molecule has 0 bridgehead atoms. The van der Waals surface area contributed by atoms with Gasteiger partial charge in [0, 0.05) is 38.6 Å². The highest BCUT2D eigenvalue weighted by Gasteiger charge is 2.38. The van der Waals surface area contributed by atoms with Crippen LogP contribution in [0.25, 0.3) is 0 Å². The van der Waals surface area contributed by atoms with E-state index in [4.69, 9.17) is 0 Å². The van der Waals surface area contributed by atoms with Crippen molar-refractivity contribution < 1.29 is 0 Å². The van der Waals surface area contributed by atoms with Crippen LogP contribution in [0.15, 0.2) is 142 Å². The monoisotopic (exact) mass is 571 g/mol. The number of hydrogen-bond acceptors (Lipinski definition) is 2. The van der Waals surface area contributed by atoms with Gasteiger partial charge in [-0.05, 0) is 90.8 Å². The quantitative estimate of drug-likeness (QED) is 0.247. The normalized spacial score (nSPS) is 18.8. The van der Waals surface area contributed by atoms with Crippen LogP contribution in [0.2, 0.25) is 0 Å². The van der Waals surface area contributed by atoms with E-state index in [-0.39, 0.29) is 10.8 Å². The van der Waals surface area contributed by atoms with Crippen LogP contribution in [0.3, 0.4) is 0 Å². The molecule has 0 fully saturated rings. The number of para-hydroxylation sites is 1. The standard InChI is InChI=1S/C40H45NS/c1-8-41-36-24-15-14-23-35(36)40(6,7)37(41)28-27-32-19-16-18-31(38(32)42-33-20-10-9-11-21-33)26-25-30(3)39(4,5)34-22-13-12-17-29(34)2/h9-15,17,20-28H,3,8,16,18-19H2,1-2,4-7H3/b26-25+,32-27+,37-28+. The number of fused-ring (bicyclic) bond motifs is 1. The lowest BCUT2D eigenvalue weighted by atomic mass is 9.76. The van der Waals surface area contributed by atoms with Crippen LogP contribution in [0.4, 0.5) is 5.69 Å². The summed E-state index contributed by atoms with van der Waals surface area (Å²) < 4.78 is 0. The minimum absolute atomic E-state index is 0.0313. The molecule has 0 unspecified atom stereocenters. The smallest absolute Gasteiger partial charge is 0.0450 e. The SMILES string of the molecule is C=C(/C=C/C1=C(Sc2ccccc2)C(=C/C=C2/N(CC)c3ccccc3C2(C)C)/CCC1)C(C)(C)c1ccccc1C. The van der Waals surface area contributed by atoms with Gasteiger partial charge in [0.05, 0.1) is 0 Å². The van der Waals surface area contributed by atoms with E-state index < -0.39 is 0 Å². The molecule has 1 heterocycles. The number of nitrogens with zero attached hydrogens (tertiary/aromatic N) is 1. The van der Waals surface area contributed by atoms with E-state index in [0.717, 1.165) is 31.4 Å². The molecule has 0 amide bonds. The van der Waals surface area contributed by atoms with Crippen molar-refractivity contribution in [2.75, 3.05) is 11.4 Å². The molecule has 2 aliphatic rings. The zero-order valence-electron chi connectivity index (χ0n) is 26.2. The lowest BCUT2D eigenvalue weighted by molar-refractivity contribution is 0.633. The summed E-state index contributed by atoms with van der Waals surface area (Å²) in [5, 5.41) is 0. The number of likely N-dealkylation sites (N-methyl/N-ethyl adjacent to an activating group) is 1. The number of benzene rings is 3. The largest absolute Gasteiger partial charge is 0.344 e. The number of thioether (sulfide) groups is 1. The van der Waals surface area contributed by atoms with Crippen molar-refractivity contribution in [1.29, 1.82) is 0 Å². The topological polar surface area (TPSA) is 3.24 Å². The molecule has 3 aromatic rings. The summed E-state index contributed by atoms with van der Waals surface area (Å²) in [6.45, 7) is 19.3. The Balaban J connectivity index is 1.53. The van der Waals surface area contributed by atoms with Crippen LogP contribution < -0.4 is 4.90 Å². The molecule has 0 saturated heterocycles. The molecule has 2 heteroatoms. The van der Waals surface area contributed by atoms with Crippen LogP contribution in [-0.4, -0.2) is 6.54 Å². The second-order valence-electron chi connectivity index (χ2n) is 12.6. The molecule has 0 saturated carbocycles. The van der Waals surface area contributed by atoms with Gasteiger partial charge in [-0.2, -0.15) is 0 Å². The number of hydrogen-bond donors (Lipinski definition) is 0. The van der Waals surface area contributed by atoms with E-state index in [2.05, 4.69) is 156 Å². The molecule has 0 N–H and O–H groups in total. The second-order valence-corrected chi connectivity index (χ2v) is 13.6. The van der Waals surface area contributed by atoms with Crippen molar-refractivity contribution in [2.45, 2.75) is 76.5 Å². The van der Waals surface area contributed by atoms with Crippen molar-refractivity contribution in [3.8, 4) is 0 Å². The molecule has 0 radical (unpaired) electrons. The van der Waals surface area contributed by atoms with Crippen molar-refractivity contribution in [3.63, 3.8) is 0 Å². The Morgan fingerprint density at radius 3 is 2.36 bits per heavy atom. The average Bonchev–Trinajstić information content (AvgIpc) is 3.21. The third-order valence-corrected chi connectivity index (χ3v) is 10.3. The molecule has 5 rings (SSSR count). The summed E-state index contributed by atoms with van der Waals surface area (Å²) in [5.41, 5.74) is 10.6. The molecule has 42 heavy (non-hydrogen) atoms. The van der Waals surface area contributed by atoms with Gasteiger partial charge in [-0.3, -0.25) is 0 Å². The Bertz CT molecular complexity index is 1580. The van der Waals surface area contributed by atoms with E-state index in [0.29, 0.717) is 0 Å². The van der Waals surface area contributed by atoms with Crippen LogP contribution in [-0.2, 0) is 10.8 Å². The Hall–Kier alpha value is -3.49. The minimum Gasteiger partial charge on any atom is -0.344 e. The number of rotatable bonds is 8. The summed E-state index contributed by atoms with van der Waals surface area (Å²) >= 11 is 1.90. The molecule has 0 aromatic heterocycles. The second kappa shape index (κ2) is 12.4. The van der Waals surface area contributed by atoms with Gasteiger partial charge < -0.3 is 4.90 Å². The zero-order chi connectivity index (χ0) is 29.9. The average molecular weight is 572 g/mol. The van der Waals surface area contributed by atoms with E-state index >= 15 is 0 Å². The summed E-state index contributed by atoms with van der Waals surface area (Å²) in [6, 6.07) is 28.4. The highest BCUT2D eigenvalue weighted by Crippen LogP contribution is 2.48. The molecule has 1 aliphatic carbocycles. The highest BCUT2D eigenvalue weighted by molar-refractivity contribution is 8.03. The molecule has 0 spiro atoms. The van der Waals surface area contributed by atoms with Crippen LogP contribution in [0.1, 0.15) is 70.6 Å². The fourth-order valence-electron chi connectivity index (χ4n) is 6.48. The van der Waals surface area contributed by atoms with Gasteiger partial charge in [0.25, 0.3) is 0 Å². The Morgan fingerprint density at radius 1 is 0.929 bits per heavy atom. The third-order valence-electron chi connectivity index (χ3n) is 9.10. The Labute approximate surface area is 258 Å². The van der Waals surface area contributed by atoms with Gasteiger partial charge in [-0.1, -0.05) is 125 Å². The number of allylic oxidation sites excluding steroid dienone is 8. The summed E-state index contributed by atoms with van der Waals surface area (Å²) in [4.78, 5) is 5.15. The fourth-order valence-corrected chi connectivity index (χ4v) is 7.61. The van der Waals surface area contributed by atoms with Crippen molar-refractivity contribution in [2.24, 2.45) is 0 Å². The van der Waals surface area contributed by atoms with Gasteiger partial charge >= 0.3 is 0 Å². The molecule has 0 atom stereocenters. The first-order chi connectivity index (χ1) is 20.1. The lowest BCUT2D eigenvalue weighted by Crippen LogP contribution is -2.25. The van der Waals surface area contributed by atoms with Crippen LogP contribution in [0, 0.1) is 6.92 Å². The van der Waals surface area contributed by atoms with Crippen LogP contribution in [0.5, 0.6) is 0 Å². The molecule has 216 valence electrons. The van der Waals surface area contributed by atoms with Gasteiger partial charge in [-0.25, -0.2) is 0 Å². The molecular weight excluding hydrogens is 527 g/mol. The van der Waals surface area contributed by atoms with Crippen molar-refractivity contribution in [1.82, 2.24) is 0 Å². The molecular formula is C40H45NS. The van der Waals surface area contributed by atoms with Crippen molar-refractivity contribution >= 4 is 17.4 Å². The van der Waals surface area contributed by atoms with E-state index in [1.54, 1.807) is 0 Å². The molecule has 1 aliphatic heterocycles. The lowest BCUT2D eigenvalue weighted by Gasteiger charge is -2.28. The molecule has 1 nitrogen and oxygen atoms in total. The fraction of sp³-hybridized carbons (Fsp3) is 0.300. The van der Waals surface area contributed by atoms with Crippen molar-refractivity contribution in [3.05, 3.63) is 154 Å². The van der Waals surface area contributed by atoms with E-state index in [1.807, 2.05) is 11.8 Å². The number of anilines is 1. The van der Waals surface area contributed by atoms with Gasteiger partial charge in [0.1, 0.15) is 0 Å². The first-order valence-corrected chi connectivity index (χ1v) is 16.1. The highest BCUT2D eigenvalue weighted by atomic mass is 32.2. The maximum Gasteiger partial charge on any atom is 0.0450 e. The summed E-state index contributed by atoms with van der Waals surface area (Å²) in [6.07, 6.45) is 12.8. The minimum atomic E-state index is -0.139. The summed E-state index contributed by atoms with van der Waals surface area (Å²) in [5.74, 6) is 0. The first-order valence-electron chi connectivity index (χ1n) is 15.3. The van der Waals surface area contributed by atoms with Gasteiger partial charge in [0.2, 0.25) is 0 Å². The maximum absolute atomic E-state index is 4.55. The van der Waals surface area contributed by atoms with E-state index in [1.165, 1.54) is 49.0 Å². The zero-order valence-corrected chi connectivity index (χ0v) is 27.0. The predicted molar refractivity (Wildman–Crippen MR) is 184 cm³/mol. The van der Waals surface area contributed by atoms with Gasteiger partial charge in [-0.15, -0.1) is 0 Å². The number of aryl methyl sites for hydroxylation is 1. The first kappa shape index (κ1) is 30.0. The maximum atomic E-state index is 4.55. The molecule has 3 aromatic carbocycles.